The van der Waals surface area contributed by atoms with E-state index in [4.69, 9.17) is 0 Å². The van der Waals surface area contributed by atoms with Gasteiger partial charge < -0.3 is 4.90 Å². The number of anilines is 1. The molecule has 0 aliphatic heterocycles. The highest BCUT2D eigenvalue weighted by Crippen LogP contribution is 2.38. The second-order valence-electron chi connectivity index (χ2n) is 11.0. The summed E-state index contributed by atoms with van der Waals surface area (Å²) in [5, 5.41) is 15.9. The molecule has 250 valence electrons. The number of aryl methyl sites for hydroxylation is 3. The average Bonchev–Trinajstić information content (AvgIpc) is 3.51. The van der Waals surface area contributed by atoms with Gasteiger partial charge in [0.2, 0.25) is 0 Å². The lowest BCUT2D eigenvalue weighted by Gasteiger charge is -2.31. The summed E-state index contributed by atoms with van der Waals surface area (Å²) in [7, 11) is 4.95. The summed E-state index contributed by atoms with van der Waals surface area (Å²) >= 11 is 0. The van der Waals surface area contributed by atoms with Crippen LogP contribution < -0.4 is 4.90 Å². The smallest absolute Gasteiger partial charge is 0.330 e. The summed E-state index contributed by atoms with van der Waals surface area (Å²) < 4.78 is 125. The molecular formula is C29H31F9N8. The first-order valence-electron chi connectivity index (χ1n) is 13.9. The van der Waals surface area contributed by atoms with E-state index in [0.29, 0.717) is 30.7 Å². The maximum absolute atomic E-state index is 13.9. The van der Waals surface area contributed by atoms with E-state index in [1.54, 1.807) is 18.8 Å². The number of alkyl halides is 9. The summed E-state index contributed by atoms with van der Waals surface area (Å²) in [6.07, 6.45) is -12.6. The largest absolute Gasteiger partial charge is 0.416 e. The molecule has 2 aromatic carbocycles. The van der Waals surface area contributed by atoms with Gasteiger partial charge in [0.05, 0.1) is 29.4 Å². The maximum Gasteiger partial charge on any atom is 0.416 e. The second kappa shape index (κ2) is 12.9. The predicted molar refractivity (Wildman–Crippen MR) is 149 cm³/mol. The molecular weight excluding hydrogens is 631 g/mol. The Bertz CT molecular complexity index is 1620. The van der Waals surface area contributed by atoms with Crippen molar-refractivity contribution >= 4 is 5.95 Å². The number of hydrogen-bond donors (Lipinski definition) is 0. The zero-order chi connectivity index (χ0) is 34.2. The number of benzene rings is 2. The lowest BCUT2D eigenvalue weighted by atomic mass is 9.94. The van der Waals surface area contributed by atoms with Gasteiger partial charge >= 0.3 is 18.5 Å². The van der Waals surface area contributed by atoms with Crippen LogP contribution in [0, 0.1) is 6.92 Å². The van der Waals surface area contributed by atoms with Gasteiger partial charge in [0.25, 0.3) is 5.95 Å². The van der Waals surface area contributed by atoms with Crippen molar-refractivity contribution in [3.63, 3.8) is 0 Å². The van der Waals surface area contributed by atoms with E-state index < -0.39 is 59.9 Å². The Labute approximate surface area is 258 Å². The molecule has 0 bridgehead atoms. The third kappa shape index (κ3) is 8.16. The average molecular weight is 663 g/mol. The fraction of sp³-hybridized carbons (Fsp3) is 0.448. The molecule has 0 saturated heterocycles. The minimum absolute atomic E-state index is 0.00493. The second-order valence-corrected chi connectivity index (χ2v) is 11.0. The lowest BCUT2D eigenvalue weighted by molar-refractivity contribution is -0.143. The number of rotatable bonds is 10. The van der Waals surface area contributed by atoms with Crippen LogP contribution in [0.4, 0.5) is 45.5 Å². The minimum atomic E-state index is -5.09. The minimum Gasteiger partial charge on any atom is -0.330 e. The molecule has 8 nitrogen and oxygen atoms in total. The highest BCUT2D eigenvalue weighted by molar-refractivity contribution is 5.42. The van der Waals surface area contributed by atoms with E-state index in [2.05, 4.69) is 20.5 Å². The van der Waals surface area contributed by atoms with Crippen LogP contribution in [0.15, 0.2) is 42.6 Å². The number of halogens is 9. The van der Waals surface area contributed by atoms with Crippen LogP contribution in [0.5, 0.6) is 0 Å². The van der Waals surface area contributed by atoms with E-state index in [1.165, 1.54) is 18.0 Å². The zero-order valence-corrected chi connectivity index (χ0v) is 25.4. The van der Waals surface area contributed by atoms with E-state index >= 15 is 0 Å². The van der Waals surface area contributed by atoms with Gasteiger partial charge in [-0.25, -0.2) is 0 Å². The molecule has 4 rings (SSSR count). The standard InChI is InChI=1S/C29H31F9N8/c1-6-25(43(3)14-20-15-44(4)40-17(20)2)24-8-7-21(27(30,31)32)11-19(24)16-46(26-39-42-45(5)41-26)13-18-9-22(28(33,34)35)12-23(10-18)29(36,37)38/h7-12,15,25H,6,13-14,16H2,1-5H3. The van der Waals surface area contributed by atoms with Gasteiger partial charge in [0.15, 0.2) is 0 Å². The fourth-order valence-electron chi connectivity index (χ4n) is 5.33. The fourth-order valence-corrected chi connectivity index (χ4v) is 5.33. The van der Waals surface area contributed by atoms with Crippen molar-refractivity contribution in [2.45, 2.75) is 64.5 Å². The van der Waals surface area contributed by atoms with Gasteiger partial charge in [-0.2, -0.15) is 49.4 Å². The third-order valence-corrected chi connectivity index (χ3v) is 7.45. The molecule has 1 atom stereocenters. The summed E-state index contributed by atoms with van der Waals surface area (Å²) in [6, 6.07) is 3.90. The number of nitrogens with zero attached hydrogens (tertiary/aromatic N) is 8. The van der Waals surface area contributed by atoms with Crippen molar-refractivity contribution in [1.29, 1.82) is 0 Å². The van der Waals surface area contributed by atoms with Crippen molar-refractivity contribution in [1.82, 2.24) is 34.9 Å². The van der Waals surface area contributed by atoms with Crippen LogP contribution >= 0.6 is 0 Å². The quantitative estimate of drug-likeness (QED) is 0.169. The molecule has 0 fully saturated rings. The predicted octanol–water partition coefficient (Wildman–Crippen LogP) is 7.10. The molecule has 17 heteroatoms. The molecule has 0 aliphatic carbocycles. The monoisotopic (exact) mass is 662 g/mol. The van der Waals surface area contributed by atoms with Gasteiger partial charge in [-0.15, -0.1) is 5.10 Å². The van der Waals surface area contributed by atoms with Gasteiger partial charge in [-0.3, -0.25) is 9.58 Å². The van der Waals surface area contributed by atoms with E-state index in [-0.39, 0.29) is 17.6 Å². The Morgan fingerprint density at radius 3 is 1.85 bits per heavy atom. The van der Waals surface area contributed by atoms with Crippen LogP contribution in [0.25, 0.3) is 0 Å². The molecule has 0 saturated carbocycles. The van der Waals surface area contributed by atoms with Crippen LogP contribution in [-0.2, 0) is 52.3 Å². The molecule has 0 radical (unpaired) electrons. The third-order valence-electron chi connectivity index (χ3n) is 7.45. The van der Waals surface area contributed by atoms with E-state index in [9.17, 15) is 39.5 Å². The molecule has 4 aromatic rings. The number of tetrazole rings is 1. The van der Waals surface area contributed by atoms with Crippen LogP contribution in [-0.4, -0.2) is 41.9 Å². The van der Waals surface area contributed by atoms with E-state index in [1.807, 2.05) is 24.9 Å². The molecule has 2 heterocycles. The summed E-state index contributed by atoms with van der Waals surface area (Å²) in [6.45, 7) is 3.09. The Balaban J connectivity index is 1.81. The number of aromatic nitrogens is 6. The van der Waals surface area contributed by atoms with Crippen LogP contribution in [0.3, 0.4) is 0 Å². The van der Waals surface area contributed by atoms with Crippen molar-refractivity contribution < 1.29 is 39.5 Å². The molecule has 0 spiro atoms. The van der Waals surface area contributed by atoms with Crippen molar-refractivity contribution in [2.75, 3.05) is 11.9 Å². The van der Waals surface area contributed by atoms with Gasteiger partial charge in [0, 0.05) is 44.5 Å². The molecule has 0 aliphatic rings. The summed E-state index contributed by atoms with van der Waals surface area (Å²) in [5.41, 5.74) is -2.15. The first-order chi connectivity index (χ1) is 21.3. The molecule has 46 heavy (non-hydrogen) atoms. The van der Waals surface area contributed by atoms with Gasteiger partial charge in [-0.1, -0.05) is 18.1 Å². The van der Waals surface area contributed by atoms with Gasteiger partial charge in [-0.05, 0) is 72.6 Å². The number of hydrogen-bond acceptors (Lipinski definition) is 6. The highest BCUT2D eigenvalue weighted by Gasteiger charge is 2.37. The maximum atomic E-state index is 13.9. The Morgan fingerprint density at radius 1 is 0.761 bits per heavy atom. The van der Waals surface area contributed by atoms with Crippen molar-refractivity contribution in [3.8, 4) is 0 Å². The SMILES string of the molecule is CCC(c1ccc(C(F)(F)F)cc1CN(Cc1cc(C(F)(F)F)cc(C(F)(F)F)c1)c1nnn(C)n1)N(C)Cc1cn(C)nc1C. The summed E-state index contributed by atoms with van der Waals surface area (Å²) in [4.78, 5) is 4.14. The van der Waals surface area contributed by atoms with Gasteiger partial charge in [0.1, 0.15) is 0 Å². The highest BCUT2D eigenvalue weighted by atomic mass is 19.4. The molecule has 1 unspecified atom stereocenters. The first kappa shape index (κ1) is 34.7. The zero-order valence-electron chi connectivity index (χ0n) is 25.4. The van der Waals surface area contributed by atoms with Crippen LogP contribution in [0.2, 0.25) is 0 Å². The summed E-state index contributed by atoms with van der Waals surface area (Å²) in [5.74, 6) is -0.204. The van der Waals surface area contributed by atoms with Crippen molar-refractivity contribution in [2.24, 2.45) is 14.1 Å². The van der Waals surface area contributed by atoms with E-state index in [0.717, 1.165) is 28.2 Å². The Kier molecular flexibility index (Phi) is 9.75. The molecule has 2 aromatic heterocycles. The Morgan fingerprint density at radius 2 is 1.37 bits per heavy atom. The molecule has 0 amide bonds. The van der Waals surface area contributed by atoms with Crippen molar-refractivity contribution in [3.05, 3.63) is 87.2 Å². The lowest BCUT2D eigenvalue weighted by Crippen LogP contribution is -2.28. The van der Waals surface area contributed by atoms with Crippen LogP contribution in [0.1, 0.15) is 64.0 Å². The Hall–Kier alpha value is -4.15. The topological polar surface area (TPSA) is 67.9 Å². The first-order valence-corrected chi connectivity index (χ1v) is 13.9. The molecule has 0 N–H and O–H groups in total. The normalized spacial score (nSPS) is 13.5.